The molecule has 3 amide bonds. The van der Waals surface area contributed by atoms with Gasteiger partial charge in [0.1, 0.15) is 5.75 Å². The number of halogens is 1. The Hall–Kier alpha value is -3.26. The van der Waals surface area contributed by atoms with Crippen molar-refractivity contribution in [3.63, 3.8) is 0 Å². The molecular formula is C20H22ClN3O5. The van der Waals surface area contributed by atoms with Crippen LogP contribution in [0.25, 0.3) is 0 Å². The van der Waals surface area contributed by atoms with Crippen LogP contribution in [-0.2, 0) is 20.9 Å². The van der Waals surface area contributed by atoms with Gasteiger partial charge in [0.05, 0.1) is 19.6 Å². The number of hydrogen-bond acceptors (Lipinski definition) is 5. The highest BCUT2D eigenvalue weighted by atomic mass is 35.5. The summed E-state index contributed by atoms with van der Waals surface area (Å²) in [5.74, 6) is -0.416. The molecule has 1 atom stereocenters. The fraction of sp³-hybridized carbons (Fsp3) is 0.250. The molecule has 29 heavy (non-hydrogen) atoms. The van der Waals surface area contributed by atoms with E-state index in [0.717, 1.165) is 5.56 Å². The Morgan fingerprint density at radius 1 is 1.10 bits per heavy atom. The van der Waals surface area contributed by atoms with Crippen molar-refractivity contribution >= 4 is 29.5 Å². The summed E-state index contributed by atoms with van der Waals surface area (Å²) in [5, 5.41) is 5.48. The fourth-order valence-corrected chi connectivity index (χ4v) is 2.80. The van der Waals surface area contributed by atoms with Gasteiger partial charge in [0.25, 0.3) is 5.91 Å². The molecule has 9 heteroatoms. The first kappa shape index (κ1) is 22.0. The second-order valence-corrected chi connectivity index (χ2v) is 6.48. The van der Waals surface area contributed by atoms with Crippen LogP contribution in [0.2, 0.25) is 5.02 Å². The number of carbonyl (C=O) groups is 3. The van der Waals surface area contributed by atoms with E-state index in [0.29, 0.717) is 16.3 Å². The maximum absolute atomic E-state index is 12.1. The molecule has 0 saturated heterocycles. The number of esters is 1. The number of carbonyl (C=O) groups excluding carboxylic acids is 3. The van der Waals surface area contributed by atoms with Gasteiger partial charge in [-0.25, -0.2) is 4.79 Å². The van der Waals surface area contributed by atoms with Crippen LogP contribution in [0, 0.1) is 0 Å². The van der Waals surface area contributed by atoms with Gasteiger partial charge in [-0.05, 0) is 29.3 Å². The number of nitrogens with one attached hydrogen (secondary N) is 2. The normalized spacial score (nSPS) is 11.2. The standard InChI is InChI=1S/C20H22ClN3O5/c1-28-14-8-6-13(7-9-14)11-23-18(25)12-29-19(26)10-17(24-20(22)27)15-4-2-3-5-16(15)21/h2-9,17H,10-12H2,1H3,(H,23,25)(H3,22,24,27)/t17-/m0/s1. The maximum Gasteiger partial charge on any atom is 0.312 e. The van der Waals surface area contributed by atoms with Gasteiger partial charge < -0.3 is 25.8 Å². The molecule has 0 aliphatic carbocycles. The summed E-state index contributed by atoms with van der Waals surface area (Å²) in [5.41, 5.74) is 6.57. The Morgan fingerprint density at radius 2 is 1.79 bits per heavy atom. The Labute approximate surface area is 173 Å². The summed E-state index contributed by atoms with van der Waals surface area (Å²) in [6.45, 7) is -0.160. The first-order valence-electron chi connectivity index (χ1n) is 8.74. The van der Waals surface area contributed by atoms with Crippen LogP contribution in [0.5, 0.6) is 5.75 Å². The summed E-state index contributed by atoms with van der Waals surface area (Å²) in [7, 11) is 1.57. The number of benzene rings is 2. The Bertz CT molecular complexity index is 857. The molecule has 0 aliphatic heterocycles. The molecule has 0 aliphatic rings. The topological polar surface area (TPSA) is 120 Å². The van der Waals surface area contributed by atoms with Crippen LogP contribution in [0.3, 0.4) is 0 Å². The van der Waals surface area contributed by atoms with Gasteiger partial charge in [0.15, 0.2) is 6.61 Å². The molecule has 0 bridgehead atoms. The van der Waals surface area contributed by atoms with E-state index in [4.69, 9.17) is 26.8 Å². The van der Waals surface area contributed by atoms with Crippen LogP contribution in [-0.4, -0.2) is 31.6 Å². The van der Waals surface area contributed by atoms with E-state index < -0.39 is 30.6 Å². The second kappa shape index (κ2) is 10.9. The van der Waals surface area contributed by atoms with Crippen LogP contribution in [0.4, 0.5) is 4.79 Å². The van der Waals surface area contributed by atoms with Gasteiger partial charge >= 0.3 is 12.0 Å². The zero-order chi connectivity index (χ0) is 21.2. The molecule has 2 aromatic rings. The molecule has 0 fully saturated rings. The van der Waals surface area contributed by atoms with E-state index in [1.165, 1.54) is 0 Å². The number of nitrogens with two attached hydrogens (primary N) is 1. The number of amides is 3. The number of urea groups is 1. The average Bonchev–Trinajstić information content (AvgIpc) is 2.70. The van der Waals surface area contributed by atoms with Crippen molar-refractivity contribution in [2.75, 3.05) is 13.7 Å². The Balaban J connectivity index is 1.83. The van der Waals surface area contributed by atoms with Crippen molar-refractivity contribution in [1.82, 2.24) is 10.6 Å². The summed E-state index contributed by atoms with van der Waals surface area (Å²) < 4.78 is 10.1. The first-order valence-corrected chi connectivity index (χ1v) is 9.12. The largest absolute Gasteiger partial charge is 0.497 e. The van der Waals surface area contributed by atoms with E-state index in [1.54, 1.807) is 43.5 Å². The van der Waals surface area contributed by atoms with Gasteiger partial charge in [0, 0.05) is 11.6 Å². The molecule has 0 radical (unpaired) electrons. The smallest absolute Gasteiger partial charge is 0.312 e. The van der Waals surface area contributed by atoms with Crippen molar-refractivity contribution < 1.29 is 23.9 Å². The fourth-order valence-electron chi connectivity index (χ4n) is 2.53. The molecule has 0 heterocycles. The van der Waals surface area contributed by atoms with Crippen LogP contribution >= 0.6 is 11.6 Å². The number of ether oxygens (including phenoxy) is 2. The summed E-state index contributed by atoms with van der Waals surface area (Å²) >= 11 is 6.12. The van der Waals surface area contributed by atoms with E-state index >= 15 is 0 Å². The first-order chi connectivity index (χ1) is 13.9. The van der Waals surface area contributed by atoms with Gasteiger partial charge in [0.2, 0.25) is 0 Å². The van der Waals surface area contributed by atoms with E-state index in [-0.39, 0.29) is 13.0 Å². The Kier molecular flexibility index (Phi) is 8.29. The second-order valence-electron chi connectivity index (χ2n) is 6.07. The Morgan fingerprint density at radius 3 is 2.41 bits per heavy atom. The molecule has 0 aromatic heterocycles. The molecule has 0 saturated carbocycles. The van der Waals surface area contributed by atoms with Gasteiger partial charge in [-0.15, -0.1) is 0 Å². The molecule has 8 nitrogen and oxygen atoms in total. The third kappa shape index (κ3) is 7.34. The highest BCUT2D eigenvalue weighted by Gasteiger charge is 2.21. The zero-order valence-corrected chi connectivity index (χ0v) is 16.6. The SMILES string of the molecule is COc1ccc(CNC(=O)COC(=O)C[C@H](NC(N)=O)c2ccccc2Cl)cc1. The van der Waals surface area contributed by atoms with E-state index in [1.807, 2.05) is 12.1 Å². The van der Waals surface area contributed by atoms with Gasteiger partial charge in [-0.2, -0.15) is 0 Å². The predicted molar refractivity (Wildman–Crippen MR) is 107 cm³/mol. The summed E-state index contributed by atoms with van der Waals surface area (Å²) in [6.07, 6.45) is -0.224. The maximum atomic E-state index is 12.1. The third-order valence-electron chi connectivity index (χ3n) is 3.98. The molecule has 0 unspecified atom stereocenters. The lowest BCUT2D eigenvalue weighted by atomic mass is 10.0. The van der Waals surface area contributed by atoms with Crippen molar-refractivity contribution in [1.29, 1.82) is 0 Å². The van der Waals surface area contributed by atoms with Crippen LogP contribution in [0.1, 0.15) is 23.6 Å². The summed E-state index contributed by atoms with van der Waals surface area (Å²) in [4.78, 5) is 35.3. The molecule has 154 valence electrons. The molecule has 2 rings (SSSR count). The highest BCUT2D eigenvalue weighted by Crippen LogP contribution is 2.25. The number of rotatable bonds is 9. The van der Waals surface area contributed by atoms with Gasteiger partial charge in [-0.3, -0.25) is 9.59 Å². The van der Waals surface area contributed by atoms with Crippen LogP contribution < -0.4 is 21.1 Å². The number of methoxy groups -OCH3 is 1. The molecule has 0 spiro atoms. The average molecular weight is 420 g/mol. The highest BCUT2D eigenvalue weighted by molar-refractivity contribution is 6.31. The zero-order valence-electron chi connectivity index (χ0n) is 15.8. The van der Waals surface area contributed by atoms with Crippen molar-refractivity contribution in [3.8, 4) is 5.75 Å². The van der Waals surface area contributed by atoms with Crippen molar-refractivity contribution in [2.45, 2.75) is 19.0 Å². The molecular weight excluding hydrogens is 398 g/mol. The minimum Gasteiger partial charge on any atom is -0.497 e. The monoisotopic (exact) mass is 419 g/mol. The quantitative estimate of drug-likeness (QED) is 0.539. The lowest BCUT2D eigenvalue weighted by Crippen LogP contribution is -2.35. The summed E-state index contributed by atoms with van der Waals surface area (Å²) in [6, 6.07) is 12.3. The van der Waals surface area contributed by atoms with Gasteiger partial charge in [-0.1, -0.05) is 41.9 Å². The molecule has 4 N–H and O–H groups in total. The molecule has 2 aromatic carbocycles. The van der Waals surface area contributed by atoms with Crippen molar-refractivity contribution in [2.24, 2.45) is 5.73 Å². The lowest BCUT2D eigenvalue weighted by Gasteiger charge is -2.18. The lowest BCUT2D eigenvalue weighted by molar-refractivity contribution is -0.149. The van der Waals surface area contributed by atoms with E-state index in [9.17, 15) is 14.4 Å². The third-order valence-corrected chi connectivity index (χ3v) is 4.33. The minimum absolute atomic E-state index is 0.224. The van der Waals surface area contributed by atoms with Crippen molar-refractivity contribution in [3.05, 3.63) is 64.7 Å². The van der Waals surface area contributed by atoms with Crippen LogP contribution in [0.15, 0.2) is 48.5 Å². The van der Waals surface area contributed by atoms with E-state index in [2.05, 4.69) is 10.6 Å². The number of hydrogen-bond donors (Lipinski definition) is 3. The predicted octanol–water partition coefficient (Wildman–Crippen LogP) is 2.31. The number of primary amides is 1. The minimum atomic E-state index is -0.806.